The number of benzene rings is 2. The molecule has 0 fully saturated rings. The van der Waals surface area contributed by atoms with Crippen molar-refractivity contribution in [3.05, 3.63) is 80.0 Å². The van der Waals surface area contributed by atoms with Crippen molar-refractivity contribution in [2.45, 2.75) is 20.0 Å². The molecule has 0 unspecified atom stereocenters. The molecule has 0 saturated heterocycles. The van der Waals surface area contributed by atoms with Crippen molar-refractivity contribution in [3.8, 4) is 5.75 Å². The number of carbonyl (C=O) groups is 1. The minimum absolute atomic E-state index is 0.0309. The maximum atomic E-state index is 13.9. The van der Waals surface area contributed by atoms with Gasteiger partial charge in [-0.15, -0.1) is 11.3 Å². The molecular formula is C19H15ClFNO3S. The fourth-order valence-corrected chi connectivity index (χ4v) is 3.38. The van der Waals surface area contributed by atoms with Crippen LogP contribution in [0.15, 0.2) is 41.8 Å². The van der Waals surface area contributed by atoms with Gasteiger partial charge in [0.15, 0.2) is 5.69 Å². The Morgan fingerprint density at radius 2 is 2.08 bits per heavy atom. The molecule has 3 aromatic rings. The summed E-state index contributed by atoms with van der Waals surface area (Å²) in [5.74, 6) is -0.861. The lowest BCUT2D eigenvalue weighted by molar-refractivity contribution is 0.0691. The number of aryl methyl sites for hydroxylation is 1. The van der Waals surface area contributed by atoms with Crippen LogP contribution >= 0.6 is 22.9 Å². The first-order valence-corrected chi connectivity index (χ1v) is 9.02. The monoisotopic (exact) mass is 391 g/mol. The van der Waals surface area contributed by atoms with Gasteiger partial charge in [0.25, 0.3) is 0 Å². The van der Waals surface area contributed by atoms with Crippen LogP contribution < -0.4 is 4.74 Å². The molecule has 134 valence electrons. The number of aromatic nitrogens is 1. The highest BCUT2D eigenvalue weighted by atomic mass is 35.5. The second-order valence-electron chi connectivity index (χ2n) is 5.74. The molecule has 1 N–H and O–H groups in total. The van der Waals surface area contributed by atoms with Crippen LogP contribution in [0.25, 0.3) is 0 Å². The van der Waals surface area contributed by atoms with E-state index in [1.54, 1.807) is 12.1 Å². The summed E-state index contributed by atoms with van der Waals surface area (Å²) in [6, 6.07) is 10.1. The molecule has 1 aromatic heterocycles. The quantitative estimate of drug-likeness (QED) is 0.634. The number of hydrogen-bond acceptors (Lipinski definition) is 4. The Morgan fingerprint density at radius 3 is 2.77 bits per heavy atom. The lowest BCUT2D eigenvalue weighted by Gasteiger charge is -2.12. The molecule has 2 aromatic carbocycles. The summed E-state index contributed by atoms with van der Waals surface area (Å²) in [5, 5.41) is 11.5. The van der Waals surface area contributed by atoms with Crippen LogP contribution in [0.1, 0.15) is 32.2 Å². The van der Waals surface area contributed by atoms with E-state index in [1.165, 1.54) is 22.8 Å². The van der Waals surface area contributed by atoms with Crippen LogP contribution in [-0.4, -0.2) is 16.1 Å². The van der Waals surface area contributed by atoms with Crippen LogP contribution in [0.4, 0.5) is 4.39 Å². The fraction of sp³-hybridized carbons (Fsp3) is 0.158. The molecule has 3 rings (SSSR count). The smallest absolute Gasteiger partial charge is 0.355 e. The second kappa shape index (κ2) is 7.85. The van der Waals surface area contributed by atoms with Gasteiger partial charge in [0.05, 0.1) is 5.01 Å². The van der Waals surface area contributed by atoms with E-state index >= 15 is 0 Å². The zero-order valence-electron chi connectivity index (χ0n) is 13.8. The van der Waals surface area contributed by atoms with Gasteiger partial charge in [-0.25, -0.2) is 14.2 Å². The molecule has 0 aliphatic rings. The molecule has 26 heavy (non-hydrogen) atoms. The van der Waals surface area contributed by atoms with Gasteiger partial charge in [-0.1, -0.05) is 35.4 Å². The van der Waals surface area contributed by atoms with Crippen molar-refractivity contribution in [1.29, 1.82) is 0 Å². The molecule has 0 radical (unpaired) electrons. The predicted octanol–water partition coefficient (Wildman–Crippen LogP) is 5.11. The van der Waals surface area contributed by atoms with Crippen molar-refractivity contribution in [3.63, 3.8) is 0 Å². The molecule has 0 saturated carbocycles. The summed E-state index contributed by atoms with van der Waals surface area (Å²) in [5.41, 5.74) is 2.34. The van der Waals surface area contributed by atoms with Gasteiger partial charge < -0.3 is 9.84 Å². The highest BCUT2D eigenvalue weighted by molar-refractivity contribution is 7.09. The highest BCUT2D eigenvalue weighted by Crippen LogP contribution is 2.26. The Balaban J connectivity index is 1.79. The number of halogens is 2. The Bertz CT molecular complexity index is 958. The molecule has 0 aliphatic heterocycles. The summed E-state index contributed by atoms with van der Waals surface area (Å²) in [4.78, 5) is 15.1. The number of aromatic carboxylic acids is 1. The molecule has 4 nitrogen and oxygen atoms in total. The lowest BCUT2D eigenvalue weighted by atomic mass is 10.1. The van der Waals surface area contributed by atoms with Crippen molar-refractivity contribution in [1.82, 2.24) is 4.98 Å². The van der Waals surface area contributed by atoms with Crippen LogP contribution in [0.2, 0.25) is 5.02 Å². The minimum atomic E-state index is -1.05. The maximum Gasteiger partial charge on any atom is 0.355 e. The van der Waals surface area contributed by atoms with Crippen molar-refractivity contribution >= 4 is 28.9 Å². The maximum absolute atomic E-state index is 13.9. The largest absolute Gasteiger partial charge is 0.489 e. The number of thiazole rings is 1. The normalized spacial score (nSPS) is 10.7. The van der Waals surface area contributed by atoms with E-state index in [4.69, 9.17) is 21.4 Å². The van der Waals surface area contributed by atoms with E-state index in [0.717, 1.165) is 11.1 Å². The Labute approximate surface area is 158 Å². The highest BCUT2D eigenvalue weighted by Gasteiger charge is 2.13. The van der Waals surface area contributed by atoms with E-state index < -0.39 is 11.8 Å². The first-order valence-electron chi connectivity index (χ1n) is 7.76. The van der Waals surface area contributed by atoms with Crippen LogP contribution in [-0.2, 0) is 13.0 Å². The Kier molecular flexibility index (Phi) is 5.54. The topological polar surface area (TPSA) is 59.4 Å². The van der Waals surface area contributed by atoms with Crippen molar-refractivity contribution < 1.29 is 19.0 Å². The first-order chi connectivity index (χ1) is 12.4. The standard InChI is InChI=1S/C19H15ClFNO3S/c1-11-2-5-17(25-9-12-3-4-14(20)8-15(12)21)13(6-11)7-18-22-16(10-26-18)19(23)24/h2-6,8,10H,7,9H2,1H3,(H,23,24). The van der Waals surface area contributed by atoms with Crippen molar-refractivity contribution in [2.75, 3.05) is 0 Å². The Hall–Kier alpha value is -2.44. The third-order valence-electron chi connectivity index (χ3n) is 3.73. The minimum Gasteiger partial charge on any atom is -0.489 e. The van der Waals surface area contributed by atoms with Gasteiger partial charge in [0.1, 0.15) is 18.2 Å². The number of carboxylic acids is 1. The number of rotatable bonds is 6. The summed E-state index contributed by atoms with van der Waals surface area (Å²) >= 11 is 7.05. The number of nitrogens with zero attached hydrogens (tertiary/aromatic N) is 1. The molecule has 1 heterocycles. The lowest BCUT2D eigenvalue weighted by Crippen LogP contribution is -2.02. The van der Waals surface area contributed by atoms with Gasteiger partial charge >= 0.3 is 5.97 Å². The van der Waals surface area contributed by atoms with Gasteiger partial charge in [0, 0.05) is 28.0 Å². The molecular weight excluding hydrogens is 377 g/mol. The number of ether oxygens (including phenoxy) is 1. The van der Waals surface area contributed by atoms with E-state index in [2.05, 4.69) is 4.98 Å². The molecule has 7 heteroatoms. The molecule has 0 spiro atoms. The van der Waals surface area contributed by atoms with E-state index in [-0.39, 0.29) is 12.3 Å². The van der Waals surface area contributed by atoms with Crippen LogP contribution in [0.3, 0.4) is 0 Å². The molecule has 0 bridgehead atoms. The third kappa shape index (κ3) is 4.39. The summed E-state index contributed by atoms with van der Waals surface area (Å²) < 4.78 is 19.7. The summed E-state index contributed by atoms with van der Waals surface area (Å²) in [6.07, 6.45) is 0.443. The van der Waals surface area contributed by atoms with Gasteiger partial charge in [0.2, 0.25) is 0 Å². The number of carboxylic acid groups (broad SMARTS) is 1. The summed E-state index contributed by atoms with van der Waals surface area (Å²) in [7, 11) is 0. The second-order valence-corrected chi connectivity index (χ2v) is 7.12. The van der Waals surface area contributed by atoms with Crippen LogP contribution in [0, 0.1) is 12.7 Å². The SMILES string of the molecule is Cc1ccc(OCc2ccc(Cl)cc2F)c(Cc2nc(C(=O)O)cs2)c1. The average Bonchev–Trinajstić information content (AvgIpc) is 3.04. The van der Waals surface area contributed by atoms with E-state index in [1.807, 2.05) is 25.1 Å². The zero-order valence-corrected chi connectivity index (χ0v) is 15.4. The van der Waals surface area contributed by atoms with Gasteiger partial charge in [-0.2, -0.15) is 0 Å². The fourth-order valence-electron chi connectivity index (χ4n) is 2.43. The average molecular weight is 392 g/mol. The molecule has 0 aliphatic carbocycles. The third-order valence-corrected chi connectivity index (χ3v) is 4.81. The van der Waals surface area contributed by atoms with Crippen LogP contribution in [0.5, 0.6) is 5.75 Å². The Morgan fingerprint density at radius 1 is 1.27 bits per heavy atom. The predicted molar refractivity (Wildman–Crippen MR) is 98.8 cm³/mol. The number of hydrogen-bond donors (Lipinski definition) is 1. The van der Waals surface area contributed by atoms with Crippen molar-refractivity contribution in [2.24, 2.45) is 0 Å². The molecule has 0 atom stereocenters. The van der Waals surface area contributed by atoms with Gasteiger partial charge in [-0.3, -0.25) is 0 Å². The van der Waals surface area contributed by atoms with E-state index in [0.29, 0.717) is 27.8 Å². The van der Waals surface area contributed by atoms with Gasteiger partial charge in [-0.05, 0) is 25.1 Å². The molecule has 0 amide bonds. The first kappa shape index (κ1) is 18.4. The zero-order chi connectivity index (χ0) is 18.7. The summed E-state index contributed by atoms with van der Waals surface area (Å²) in [6.45, 7) is 2.02. The van der Waals surface area contributed by atoms with E-state index in [9.17, 15) is 9.18 Å².